The van der Waals surface area contributed by atoms with Crippen molar-refractivity contribution in [2.24, 2.45) is 0 Å². The van der Waals surface area contributed by atoms with Crippen molar-refractivity contribution < 1.29 is 19.9 Å². The predicted octanol–water partition coefficient (Wildman–Crippen LogP) is 0.518. The standard InChI is InChI=1S/C11H14N2O5/c1-7(14)10(11(15)16)12-6-8-2-4-9(5-3-8)13(17)18/h2-5,7,10,12,14H,6H2,1H3,(H,15,16)/t7-,10+/m1/s1. The summed E-state index contributed by atoms with van der Waals surface area (Å²) in [6.45, 7) is 1.58. The number of rotatable bonds is 6. The Hall–Kier alpha value is -1.99. The first kappa shape index (κ1) is 14.1. The first-order chi connectivity index (χ1) is 8.41. The molecule has 1 rings (SSSR count). The Morgan fingerprint density at radius 3 is 2.39 bits per heavy atom. The van der Waals surface area contributed by atoms with Gasteiger partial charge in [-0.25, -0.2) is 0 Å². The zero-order chi connectivity index (χ0) is 13.7. The van der Waals surface area contributed by atoms with E-state index in [1.807, 2.05) is 0 Å². The Kier molecular flexibility index (Phi) is 4.75. The second-order valence-corrected chi connectivity index (χ2v) is 3.86. The molecule has 0 radical (unpaired) electrons. The maximum Gasteiger partial charge on any atom is 0.323 e. The molecular formula is C11H14N2O5. The van der Waals surface area contributed by atoms with Crippen molar-refractivity contribution in [2.45, 2.75) is 25.6 Å². The van der Waals surface area contributed by atoms with Crippen LogP contribution in [0.15, 0.2) is 24.3 Å². The fourth-order valence-electron chi connectivity index (χ4n) is 1.43. The Morgan fingerprint density at radius 1 is 1.44 bits per heavy atom. The van der Waals surface area contributed by atoms with E-state index in [9.17, 15) is 20.0 Å². The highest BCUT2D eigenvalue weighted by molar-refractivity contribution is 5.74. The van der Waals surface area contributed by atoms with Gasteiger partial charge < -0.3 is 10.2 Å². The molecule has 0 bridgehead atoms. The molecule has 0 aliphatic heterocycles. The Morgan fingerprint density at radius 2 is 2.00 bits per heavy atom. The molecule has 1 aromatic carbocycles. The van der Waals surface area contributed by atoms with Crippen LogP contribution in [-0.4, -0.2) is 33.3 Å². The second kappa shape index (κ2) is 6.08. The number of nitro groups is 1. The lowest BCUT2D eigenvalue weighted by atomic mass is 10.1. The van der Waals surface area contributed by atoms with Crippen molar-refractivity contribution in [3.05, 3.63) is 39.9 Å². The van der Waals surface area contributed by atoms with Gasteiger partial charge in [-0.2, -0.15) is 0 Å². The van der Waals surface area contributed by atoms with Crippen LogP contribution in [0.3, 0.4) is 0 Å². The number of nitrogens with one attached hydrogen (secondary N) is 1. The van der Waals surface area contributed by atoms with E-state index in [0.29, 0.717) is 5.56 Å². The molecule has 0 fully saturated rings. The summed E-state index contributed by atoms with van der Waals surface area (Å²) in [4.78, 5) is 20.7. The van der Waals surface area contributed by atoms with Crippen molar-refractivity contribution in [2.75, 3.05) is 0 Å². The van der Waals surface area contributed by atoms with Crippen molar-refractivity contribution in [1.29, 1.82) is 0 Å². The molecule has 0 spiro atoms. The molecule has 18 heavy (non-hydrogen) atoms. The third kappa shape index (κ3) is 3.79. The van der Waals surface area contributed by atoms with Crippen LogP contribution in [0, 0.1) is 10.1 Å². The lowest BCUT2D eigenvalue weighted by molar-refractivity contribution is -0.384. The predicted molar refractivity (Wildman–Crippen MR) is 63.0 cm³/mol. The minimum Gasteiger partial charge on any atom is -0.480 e. The van der Waals surface area contributed by atoms with Crippen LogP contribution in [0.5, 0.6) is 0 Å². The number of aliphatic hydroxyl groups excluding tert-OH is 1. The quantitative estimate of drug-likeness (QED) is 0.504. The highest BCUT2D eigenvalue weighted by atomic mass is 16.6. The van der Waals surface area contributed by atoms with Crippen molar-refractivity contribution >= 4 is 11.7 Å². The van der Waals surface area contributed by atoms with Crippen LogP contribution in [-0.2, 0) is 11.3 Å². The molecule has 0 aromatic heterocycles. The van der Waals surface area contributed by atoms with Crippen LogP contribution in [0.2, 0.25) is 0 Å². The van der Waals surface area contributed by atoms with E-state index in [4.69, 9.17) is 5.11 Å². The molecule has 0 unspecified atom stereocenters. The van der Waals surface area contributed by atoms with Gasteiger partial charge in [-0.05, 0) is 12.5 Å². The van der Waals surface area contributed by atoms with E-state index in [0.717, 1.165) is 0 Å². The Balaban J connectivity index is 2.62. The average molecular weight is 254 g/mol. The summed E-state index contributed by atoms with van der Waals surface area (Å²) in [7, 11) is 0. The highest BCUT2D eigenvalue weighted by Gasteiger charge is 2.21. The van der Waals surface area contributed by atoms with Gasteiger partial charge in [0, 0.05) is 18.7 Å². The summed E-state index contributed by atoms with van der Waals surface area (Å²) in [5.41, 5.74) is 0.677. The van der Waals surface area contributed by atoms with E-state index in [1.165, 1.54) is 31.2 Å². The number of aliphatic carboxylic acids is 1. The summed E-state index contributed by atoms with van der Waals surface area (Å²) in [6.07, 6.45) is -1.03. The number of aliphatic hydroxyl groups is 1. The minimum atomic E-state index is -1.15. The first-order valence-corrected chi connectivity index (χ1v) is 5.29. The lowest BCUT2D eigenvalue weighted by Crippen LogP contribution is -2.44. The molecule has 0 amide bonds. The maximum atomic E-state index is 10.8. The number of carboxylic acids is 1. The molecule has 0 aliphatic rings. The van der Waals surface area contributed by atoms with Crippen molar-refractivity contribution in [1.82, 2.24) is 5.32 Å². The second-order valence-electron chi connectivity index (χ2n) is 3.86. The van der Waals surface area contributed by atoms with Gasteiger partial charge >= 0.3 is 5.97 Å². The summed E-state index contributed by atoms with van der Waals surface area (Å²) in [6, 6.07) is 4.68. The third-order valence-corrected chi connectivity index (χ3v) is 2.42. The maximum absolute atomic E-state index is 10.8. The molecule has 0 saturated carbocycles. The van der Waals surface area contributed by atoms with E-state index in [-0.39, 0.29) is 12.2 Å². The monoisotopic (exact) mass is 254 g/mol. The minimum absolute atomic E-state index is 0.0240. The van der Waals surface area contributed by atoms with Gasteiger partial charge in [0.1, 0.15) is 6.04 Å². The number of benzene rings is 1. The number of carbonyl (C=O) groups is 1. The fraction of sp³-hybridized carbons (Fsp3) is 0.364. The largest absolute Gasteiger partial charge is 0.480 e. The van der Waals surface area contributed by atoms with Gasteiger partial charge in [-0.15, -0.1) is 0 Å². The van der Waals surface area contributed by atoms with Crippen molar-refractivity contribution in [3.8, 4) is 0 Å². The molecule has 3 N–H and O–H groups in total. The van der Waals surface area contributed by atoms with Crippen LogP contribution in [0.25, 0.3) is 0 Å². The zero-order valence-electron chi connectivity index (χ0n) is 9.74. The Bertz CT molecular complexity index is 430. The van der Waals surface area contributed by atoms with Crippen LogP contribution < -0.4 is 5.32 Å². The number of non-ortho nitro benzene ring substituents is 1. The number of nitro benzene ring substituents is 1. The molecule has 0 heterocycles. The summed E-state index contributed by atoms with van der Waals surface area (Å²) < 4.78 is 0. The van der Waals surface area contributed by atoms with Gasteiger partial charge in [0.15, 0.2) is 0 Å². The smallest absolute Gasteiger partial charge is 0.323 e. The number of carboxylic acid groups (broad SMARTS) is 1. The topological polar surface area (TPSA) is 113 Å². The normalized spacial score (nSPS) is 13.9. The van der Waals surface area contributed by atoms with Gasteiger partial charge in [-0.1, -0.05) is 12.1 Å². The molecule has 7 heteroatoms. The number of hydrogen-bond donors (Lipinski definition) is 3. The molecular weight excluding hydrogens is 240 g/mol. The summed E-state index contributed by atoms with van der Waals surface area (Å²) >= 11 is 0. The van der Waals surface area contributed by atoms with Gasteiger partial charge in [0.2, 0.25) is 0 Å². The van der Waals surface area contributed by atoms with E-state index in [1.54, 1.807) is 0 Å². The van der Waals surface area contributed by atoms with Crippen LogP contribution >= 0.6 is 0 Å². The number of hydrogen-bond acceptors (Lipinski definition) is 5. The molecule has 0 saturated heterocycles. The molecule has 2 atom stereocenters. The first-order valence-electron chi connectivity index (χ1n) is 5.29. The average Bonchev–Trinajstić information content (AvgIpc) is 2.28. The molecule has 7 nitrogen and oxygen atoms in total. The van der Waals surface area contributed by atoms with Crippen LogP contribution in [0.4, 0.5) is 5.69 Å². The highest BCUT2D eigenvalue weighted by Crippen LogP contribution is 2.11. The lowest BCUT2D eigenvalue weighted by Gasteiger charge is -2.16. The van der Waals surface area contributed by atoms with Gasteiger partial charge in [0.05, 0.1) is 11.0 Å². The Labute approximate surface area is 103 Å². The van der Waals surface area contributed by atoms with E-state index >= 15 is 0 Å². The van der Waals surface area contributed by atoms with Gasteiger partial charge in [-0.3, -0.25) is 20.2 Å². The van der Waals surface area contributed by atoms with Crippen LogP contribution in [0.1, 0.15) is 12.5 Å². The zero-order valence-corrected chi connectivity index (χ0v) is 9.74. The SMILES string of the molecule is C[C@@H](O)[C@H](NCc1ccc([N+](=O)[O-])cc1)C(=O)O. The van der Waals surface area contributed by atoms with E-state index < -0.39 is 23.0 Å². The third-order valence-electron chi connectivity index (χ3n) is 2.42. The molecule has 0 aliphatic carbocycles. The summed E-state index contributed by atoms with van der Waals surface area (Å²) in [5, 5.41) is 31.2. The van der Waals surface area contributed by atoms with Crippen molar-refractivity contribution in [3.63, 3.8) is 0 Å². The van der Waals surface area contributed by atoms with E-state index in [2.05, 4.69) is 5.32 Å². The summed E-state index contributed by atoms with van der Waals surface area (Å²) in [5.74, 6) is -1.15. The molecule has 1 aromatic rings. The fourth-order valence-corrected chi connectivity index (χ4v) is 1.43. The molecule has 98 valence electrons. The number of nitrogens with zero attached hydrogens (tertiary/aromatic N) is 1. The van der Waals surface area contributed by atoms with Gasteiger partial charge in [0.25, 0.3) is 5.69 Å².